The highest BCUT2D eigenvalue weighted by Crippen LogP contribution is 2.35. The van der Waals surface area contributed by atoms with Crippen LogP contribution in [0.4, 0.5) is 0 Å². The SMILES string of the molecule is COc1ccc2cc(-c3nn(-c4cc(Cl)cc(Cl)c4)cc3OC3=CCC(C)C=C3)ccc2c1. The molecule has 4 nitrogen and oxygen atoms in total. The molecule has 1 atom stereocenters. The van der Waals surface area contributed by atoms with Crippen LogP contribution in [-0.4, -0.2) is 16.9 Å². The van der Waals surface area contributed by atoms with E-state index in [4.69, 9.17) is 37.8 Å². The number of rotatable bonds is 5. The summed E-state index contributed by atoms with van der Waals surface area (Å²) in [6.07, 6.45) is 9.08. The zero-order chi connectivity index (χ0) is 22.9. The standard InChI is InChI=1S/C27H22Cl2N2O2/c1-17-3-8-24(9-4-17)33-26-16-31(23-14-21(28)13-22(29)15-23)30-27(26)20-6-5-19-12-25(32-2)10-7-18(19)11-20/h3,5-17H,4H2,1-2H3. The molecule has 0 fully saturated rings. The molecule has 166 valence electrons. The average molecular weight is 477 g/mol. The molecular formula is C27H22Cl2N2O2. The minimum absolute atomic E-state index is 0.505. The minimum atomic E-state index is 0.505. The molecule has 0 aliphatic heterocycles. The number of nitrogens with zero attached hydrogens (tertiary/aromatic N) is 2. The molecule has 5 rings (SSSR count). The van der Waals surface area contributed by atoms with Gasteiger partial charge in [0, 0.05) is 15.6 Å². The Morgan fingerprint density at radius 1 is 0.970 bits per heavy atom. The Labute approximate surface area is 202 Å². The van der Waals surface area contributed by atoms with Gasteiger partial charge in [0.1, 0.15) is 17.2 Å². The highest BCUT2D eigenvalue weighted by Gasteiger charge is 2.17. The summed E-state index contributed by atoms with van der Waals surface area (Å²) < 4.78 is 13.4. The number of ether oxygens (including phenoxy) is 2. The Kier molecular flexibility index (Phi) is 5.88. The van der Waals surface area contributed by atoms with E-state index in [1.807, 2.05) is 48.7 Å². The maximum absolute atomic E-state index is 6.31. The molecule has 1 heterocycles. The monoisotopic (exact) mass is 476 g/mol. The van der Waals surface area contributed by atoms with Gasteiger partial charge in [0.2, 0.25) is 0 Å². The van der Waals surface area contributed by atoms with Crippen molar-refractivity contribution >= 4 is 34.0 Å². The molecule has 1 aliphatic rings. The highest BCUT2D eigenvalue weighted by atomic mass is 35.5. The first-order chi connectivity index (χ1) is 16.0. The van der Waals surface area contributed by atoms with Gasteiger partial charge < -0.3 is 9.47 Å². The van der Waals surface area contributed by atoms with Crippen molar-refractivity contribution in [1.29, 1.82) is 0 Å². The number of benzene rings is 3. The van der Waals surface area contributed by atoms with Crippen LogP contribution in [0, 0.1) is 5.92 Å². The van der Waals surface area contributed by atoms with Gasteiger partial charge in [-0.2, -0.15) is 5.10 Å². The lowest BCUT2D eigenvalue weighted by Crippen LogP contribution is -2.00. The van der Waals surface area contributed by atoms with Crippen LogP contribution in [0.2, 0.25) is 10.0 Å². The summed E-state index contributed by atoms with van der Waals surface area (Å²) in [4.78, 5) is 0. The predicted molar refractivity (Wildman–Crippen MR) is 135 cm³/mol. The van der Waals surface area contributed by atoms with Crippen molar-refractivity contribution in [2.75, 3.05) is 7.11 Å². The summed E-state index contributed by atoms with van der Waals surface area (Å²) in [6, 6.07) is 17.6. The van der Waals surface area contributed by atoms with Crippen molar-refractivity contribution in [2.24, 2.45) is 5.92 Å². The summed E-state index contributed by atoms with van der Waals surface area (Å²) in [5.41, 5.74) is 2.44. The van der Waals surface area contributed by atoms with Gasteiger partial charge >= 0.3 is 0 Å². The van der Waals surface area contributed by atoms with E-state index in [0.29, 0.717) is 21.7 Å². The van der Waals surface area contributed by atoms with Gasteiger partial charge in [-0.15, -0.1) is 0 Å². The third-order valence-electron chi connectivity index (χ3n) is 5.62. The van der Waals surface area contributed by atoms with Crippen molar-refractivity contribution in [3.8, 4) is 28.4 Å². The molecule has 0 saturated carbocycles. The van der Waals surface area contributed by atoms with Gasteiger partial charge in [0.15, 0.2) is 5.75 Å². The van der Waals surface area contributed by atoms with E-state index in [9.17, 15) is 0 Å². The van der Waals surface area contributed by atoms with Crippen LogP contribution in [-0.2, 0) is 0 Å². The van der Waals surface area contributed by atoms with Crippen LogP contribution >= 0.6 is 23.2 Å². The summed E-state index contributed by atoms with van der Waals surface area (Å²) >= 11 is 12.5. The lowest BCUT2D eigenvalue weighted by molar-refractivity contribution is 0.415. The average Bonchev–Trinajstić information content (AvgIpc) is 3.23. The Bertz CT molecular complexity index is 1380. The van der Waals surface area contributed by atoms with E-state index >= 15 is 0 Å². The second-order valence-corrected chi connectivity index (χ2v) is 9.00. The Morgan fingerprint density at radius 2 is 1.73 bits per heavy atom. The van der Waals surface area contributed by atoms with Crippen molar-refractivity contribution < 1.29 is 9.47 Å². The molecule has 3 aromatic carbocycles. The molecule has 0 radical (unpaired) electrons. The molecular weight excluding hydrogens is 455 g/mol. The molecule has 0 bridgehead atoms. The fourth-order valence-electron chi connectivity index (χ4n) is 3.85. The zero-order valence-electron chi connectivity index (χ0n) is 18.3. The first kappa shape index (κ1) is 21.6. The number of hydrogen-bond donors (Lipinski definition) is 0. The largest absolute Gasteiger partial charge is 0.497 e. The van der Waals surface area contributed by atoms with Crippen LogP contribution < -0.4 is 9.47 Å². The molecule has 6 heteroatoms. The van der Waals surface area contributed by atoms with Gasteiger partial charge in [0.05, 0.1) is 19.0 Å². The Hall–Kier alpha value is -3.21. The van der Waals surface area contributed by atoms with Crippen molar-refractivity contribution in [1.82, 2.24) is 9.78 Å². The van der Waals surface area contributed by atoms with Gasteiger partial charge in [-0.05, 0) is 71.7 Å². The highest BCUT2D eigenvalue weighted by molar-refractivity contribution is 6.34. The quantitative estimate of drug-likeness (QED) is 0.294. The van der Waals surface area contributed by atoms with E-state index in [2.05, 4.69) is 31.2 Å². The third kappa shape index (κ3) is 4.63. The normalized spacial score (nSPS) is 15.5. The second-order valence-electron chi connectivity index (χ2n) is 8.12. The van der Waals surface area contributed by atoms with Gasteiger partial charge in [-0.3, -0.25) is 0 Å². The number of aromatic nitrogens is 2. The molecule has 1 aliphatic carbocycles. The lowest BCUT2D eigenvalue weighted by atomic mass is 10.0. The van der Waals surface area contributed by atoms with E-state index in [0.717, 1.165) is 45.6 Å². The first-order valence-electron chi connectivity index (χ1n) is 10.7. The molecule has 1 unspecified atom stereocenters. The van der Waals surface area contributed by atoms with Gasteiger partial charge in [-0.1, -0.05) is 54.4 Å². The maximum atomic E-state index is 6.31. The predicted octanol–water partition coefficient (Wildman–Crippen LogP) is 7.87. The van der Waals surface area contributed by atoms with Crippen LogP contribution in [0.25, 0.3) is 27.7 Å². The molecule has 0 amide bonds. The Morgan fingerprint density at radius 3 is 2.45 bits per heavy atom. The van der Waals surface area contributed by atoms with E-state index in [1.165, 1.54) is 0 Å². The van der Waals surface area contributed by atoms with E-state index in [1.54, 1.807) is 17.9 Å². The molecule has 0 spiro atoms. The zero-order valence-corrected chi connectivity index (χ0v) is 19.8. The molecule has 1 aromatic heterocycles. The van der Waals surface area contributed by atoms with Crippen molar-refractivity contribution in [2.45, 2.75) is 13.3 Å². The Balaban J connectivity index is 1.60. The number of hydrogen-bond acceptors (Lipinski definition) is 3. The number of methoxy groups -OCH3 is 1. The molecule has 4 aromatic rings. The van der Waals surface area contributed by atoms with Crippen molar-refractivity contribution in [3.63, 3.8) is 0 Å². The van der Waals surface area contributed by atoms with Gasteiger partial charge in [-0.25, -0.2) is 4.68 Å². The fraction of sp³-hybridized carbons (Fsp3) is 0.148. The maximum Gasteiger partial charge on any atom is 0.173 e. The van der Waals surface area contributed by atoms with Gasteiger partial charge in [0.25, 0.3) is 0 Å². The summed E-state index contributed by atoms with van der Waals surface area (Å²) in [6.45, 7) is 2.18. The second kappa shape index (κ2) is 8.97. The third-order valence-corrected chi connectivity index (χ3v) is 6.06. The van der Waals surface area contributed by atoms with Crippen molar-refractivity contribution in [3.05, 3.63) is 94.8 Å². The molecule has 0 saturated heterocycles. The van der Waals surface area contributed by atoms with Crippen LogP contribution in [0.15, 0.2) is 84.8 Å². The van der Waals surface area contributed by atoms with Crippen LogP contribution in [0.3, 0.4) is 0 Å². The fourth-order valence-corrected chi connectivity index (χ4v) is 4.36. The molecule has 33 heavy (non-hydrogen) atoms. The topological polar surface area (TPSA) is 36.3 Å². The van der Waals surface area contributed by atoms with E-state index < -0.39 is 0 Å². The number of halogens is 2. The number of fused-ring (bicyclic) bond motifs is 1. The van der Waals surface area contributed by atoms with E-state index in [-0.39, 0.29) is 0 Å². The van der Waals surface area contributed by atoms with Crippen LogP contribution in [0.1, 0.15) is 13.3 Å². The molecule has 0 N–H and O–H groups in total. The van der Waals surface area contributed by atoms with Crippen LogP contribution in [0.5, 0.6) is 11.5 Å². The minimum Gasteiger partial charge on any atom is -0.497 e. The summed E-state index contributed by atoms with van der Waals surface area (Å²) in [5, 5.41) is 8.12. The lowest BCUT2D eigenvalue weighted by Gasteiger charge is -2.13. The summed E-state index contributed by atoms with van der Waals surface area (Å²) in [7, 11) is 1.67. The first-order valence-corrected chi connectivity index (χ1v) is 11.4. The summed E-state index contributed by atoms with van der Waals surface area (Å²) in [5.74, 6) is 2.80. The number of allylic oxidation sites excluding steroid dienone is 3. The smallest absolute Gasteiger partial charge is 0.173 e.